The van der Waals surface area contributed by atoms with Crippen molar-refractivity contribution in [1.82, 2.24) is 4.98 Å². The molecule has 0 aliphatic rings. The van der Waals surface area contributed by atoms with Gasteiger partial charge < -0.3 is 5.73 Å². The molecule has 2 N–H and O–H groups in total. The van der Waals surface area contributed by atoms with Gasteiger partial charge in [0.2, 0.25) is 0 Å². The van der Waals surface area contributed by atoms with E-state index >= 15 is 0 Å². The molecule has 14 heavy (non-hydrogen) atoms. The Morgan fingerprint density at radius 1 is 1.21 bits per heavy atom. The molecule has 2 aromatic rings. The van der Waals surface area contributed by atoms with Crippen LogP contribution in [-0.4, -0.2) is 4.98 Å². The van der Waals surface area contributed by atoms with Gasteiger partial charge in [-0.15, -0.1) is 0 Å². The predicted molar refractivity (Wildman–Crippen MR) is 59.1 cm³/mol. The van der Waals surface area contributed by atoms with Crippen LogP contribution in [0.3, 0.4) is 0 Å². The Morgan fingerprint density at radius 3 is 2.79 bits per heavy atom. The van der Waals surface area contributed by atoms with Gasteiger partial charge in [-0.3, -0.25) is 4.98 Å². The van der Waals surface area contributed by atoms with E-state index in [1.165, 1.54) is 0 Å². The van der Waals surface area contributed by atoms with E-state index < -0.39 is 0 Å². The maximum absolute atomic E-state index is 5.89. The summed E-state index contributed by atoms with van der Waals surface area (Å²) in [5.74, 6) is 0. The van der Waals surface area contributed by atoms with E-state index in [0.717, 1.165) is 11.1 Å². The van der Waals surface area contributed by atoms with E-state index in [2.05, 4.69) is 4.98 Å². The van der Waals surface area contributed by atoms with E-state index in [0.29, 0.717) is 10.7 Å². The highest BCUT2D eigenvalue weighted by molar-refractivity contribution is 6.31. The number of pyridine rings is 1. The summed E-state index contributed by atoms with van der Waals surface area (Å²) in [6, 6.07) is 9.24. The number of rotatable bonds is 1. The Morgan fingerprint density at radius 2 is 2.07 bits per heavy atom. The second-order valence-corrected chi connectivity index (χ2v) is 3.41. The number of nitrogen functional groups attached to an aromatic ring is 1. The lowest BCUT2D eigenvalue weighted by Gasteiger charge is -2.05. The Balaban J connectivity index is 2.57. The maximum Gasteiger partial charge on any atom is 0.0413 e. The van der Waals surface area contributed by atoms with Crippen LogP contribution in [0.25, 0.3) is 11.1 Å². The third kappa shape index (κ3) is 1.70. The number of benzene rings is 1. The van der Waals surface area contributed by atoms with Gasteiger partial charge in [-0.1, -0.05) is 17.7 Å². The van der Waals surface area contributed by atoms with Gasteiger partial charge in [-0.25, -0.2) is 0 Å². The van der Waals surface area contributed by atoms with Crippen LogP contribution in [0.4, 0.5) is 5.69 Å². The molecule has 0 aliphatic heterocycles. The molecule has 0 fully saturated rings. The fourth-order valence-electron chi connectivity index (χ4n) is 1.30. The Labute approximate surface area is 87.4 Å². The summed E-state index contributed by atoms with van der Waals surface area (Å²) in [4.78, 5) is 4.03. The zero-order chi connectivity index (χ0) is 9.97. The monoisotopic (exact) mass is 204 g/mol. The van der Waals surface area contributed by atoms with E-state index in [-0.39, 0.29) is 0 Å². The first-order valence-electron chi connectivity index (χ1n) is 4.23. The molecule has 2 rings (SSSR count). The van der Waals surface area contributed by atoms with E-state index in [9.17, 15) is 0 Å². The predicted octanol–water partition coefficient (Wildman–Crippen LogP) is 2.98. The standard InChI is InChI=1S/C11H9ClN2/c12-9-3-4-11(13)10(6-9)8-2-1-5-14-7-8/h1-7H,13H2. The van der Waals surface area contributed by atoms with Crippen molar-refractivity contribution in [3.63, 3.8) is 0 Å². The molecule has 1 heterocycles. The highest BCUT2D eigenvalue weighted by Gasteiger charge is 2.02. The summed E-state index contributed by atoms with van der Waals surface area (Å²) < 4.78 is 0. The van der Waals surface area contributed by atoms with Gasteiger partial charge in [-0.2, -0.15) is 0 Å². The van der Waals surface area contributed by atoms with Gasteiger partial charge in [0.05, 0.1) is 0 Å². The minimum atomic E-state index is 0.679. The van der Waals surface area contributed by atoms with Gasteiger partial charge in [0.25, 0.3) is 0 Å². The Bertz CT molecular complexity index is 440. The third-order valence-corrected chi connectivity index (χ3v) is 2.22. The van der Waals surface area contributed by atoms with Crippen LogP contribution in [0.15, 0.2) is 42.7 Å². The summed E-state index contributed by atoms with van der Waals surface area (Å²) in [6.07, 6.45) is 3.49. The summed E-state index contributed by atoms with van der Waals surface area (Å²) in [5, 5.41) is 0.679. The van der Waals surface area contributed by atoms with Crippen LogP contribution in [-0.2, 0) is 0 Å². The number of aromatic nitrogens is 1. The molecule has 0 bridgehead atoms. The van der Waals surface area contributed by atoms with E-state index in [4.69, 9.17) is 17.3 Å². The molecular weight excluding hydrogens is 196 g/mol. The molecule has 0 aliphatic carbocycles. The summed E-state index contributed by atoms with van der Waals surface area (Å²) >= 11 is 5.89. The fourth-order valence-corrected chi connectivity index (χ4v) is 1.47. The highest BCUT2D eigenvalue weighted by atomic mass is 35.5. The molecule has 2 nitrogen and oxygen atoms in total. The Hall–Kier alpha value is -1.54. The molecule has 0 atom stereocenters. The highest BCUT2D eigenvalue weighted by Crippen LogP contribution is 2.27. The lowest BCUT2D eigenvalue weighted by Crippen LogP contribution is -1.89. The lowest BCUT2D eigenvalue weighted by atomic mass is 10.1. The number of nitrogens with two attached hydrogens (primary N) is 1. The van der Waals surface area contributed by atoms with Gasteiger partial charge >= 0.3 is 0 Å². The molecule has 0 saturated heterocycles. The van der Waals surface area contributed by atoms with Crippen LogP contribution in [0, 0.1) is 0 Å². The molecule has 0 spiro atoms. The van der Waals surface area contributed by atoms with Crippen molar-refractivity contribution in [1.29, 1.82) is 0 Å². The summed E-state index contributed by atoms with van der Waals surface area (Å²) in [6.45, 7) is 0. The first-order valence-corrected chi connectivity index (χ1v) is 4.60. The smallest absolute Gasteiger partial charge is 0.0413 e. The van der Waals surface area contributed by atoms with Crippen molar-refractivity contribution >= 4 is 17.3 Å². The van der Waals surface area contributed by atoms with Crippen LogP contribution in [0.2, 0.25) is 5.02 Å². The SMILES string of the molecule is Nc1ccc(Cl)cc1-c1cccnc1. The summed E-state index contributed by atoms with van der Waals surface area (Å²) in [7, 11) is 0. The number of hydrogen-bond acceptors (Lipinski definition) is 2. The molecule has 1 aromatic carbocycles. The van der Waals surface area contributed by atoms with Crippen LogP contribution in [0.5, 0.6) is 0 Å². The zero-order valence-corrected chi connectivity index (χ0v) is 8.20. The van der Waals surface area contributed by atoms with Crippen molar-refractivity contribution in [2.24, 2.45) is 0 Å². The quantitative estimate of drug-likeness (QED) is 0.726. The molecule has 3 heteroatoms. The van der Waals surface area contributed by atoms with Crippen molar-refractivity contribution in [2.45, 2.75) is 0 Å². The summed E-state index contributed by atoms with van der Waals surface area (Å²) in [5.41, 5.74) is 8.45. The van der Waals surface area contributed by atoms with Crippen LogP contribution < -0.4 is 5.73 Å². The van der Waals surface area contributed by atoms with Gasteiger partial charge in [0.15, 0.2) is 0 Å². The van der Waals surface area contributed by atoms with Crippen LogP contribution in [0.1, 0.15) is 0 Å². The normalized spacial score (nSPS) is 10.1. The van der Waals surface area contributed by atoms with Crippen molar-refractivity contribution < 1.29 is 0 Å². The van der Waals surface area contributed by atoms with Crippen molar-refractivity contribution in [3.8, 4) is 11.1 Å². The number of hydrogen-bond donors (Lipinski definition) is 1. The molecule has 0 saturated carbocycles. The average molecular weight is 205 g/mol. The second kappa shape index (κ2) is 3.68. The third-order valence-electron chi connectivity index (χ3n) is 1.99. The molecule has 0 amide bonds. The molecular formula is C11H9ClN2. The zero-order valence-electron chi connectivity index (χ0n) is 7.44. The Kier molecular flexibility index (Phi) is 2.37. The first-order chi connectivity index (χ1) is 6.77. The number of nitrogens with zero attached hydrogens (tertiary/aromatic N) is 1. The van der Waals surface area contributed by atoms with Crippen LogP contribution >= 0.6 is 11.6 Å². The molecule has 1 aromatic heterocycles. The van der Waals surface area contributed by atoms with E-state index in [1.807, 2.05) is 18.2 Å². The average Bonchev–Trinajstić information content (AvgIpc) is 2.23. The van der Waals surface area contributed by atoms with Crippen molar-refractivity contribution in [3.05, 3.63) is 47.7 Å². The van der Waals surface area contributed by atoms with Crippen molar-refractivity contribution in [2.75, 3.05) is 5.73 Å². The maximum atomic E-state index is 5.89. The fraction of sp³-hybridized carbons (Fsp3) is 0. The molecule has 0 radical (unpaired) electrons. The molecule has 0 unspecified atom stereocenters. The second-order valence-electron chi connectivity index (χ2n) is 2.97. The molecule has 70 valence electrons. The van der Waals surface area contributed by atoms with E-state index in [1.54, 1.807) is 24.5 Å². The first kappa shape index (κ1) is 9.03. The number of halogens is 1. The topological polar surface area (TPSA) is 38.9 Å². The van der Waals surface area contributed by atoms with Gasteiger partial charge in [0.1, 0.15) is 0 Å². The minimum absolute atomic E-state index is 0.679. The lowest BCUT2D eigenvalue weighted by molar-refractivity contribution is 1.33. The van der Waals surface area contributed by atoms with Gasteiger partial charge in [-0.05, 0) is 24.3 Å². The minimum Gasteiger partial charge on any atom is -0.398 e. The van der Waals surface area contributed by atoms with Gasteiger partial charge in [0, 0.05) is 34.2 Å². The largest absolute Gasteiger partial charge is 0.398 e. The number of anilines is 1.